The van der Waals surface area contributed by atoms with Gasteiger partial charge in [0.2, 0.25) is 5.95 Å². The van der Waals surface area contributed by atoms with Crippen LogP contribution in [-0.2, 0) is 10.2 Å². The van der Waals surface area contributed by atoms with Crippen LogP contribution in [0.2, 0.25) is 5.02 Å². The van der Waals surface area contributed by atoms with Gasteiger partial charge in [-0.3, -0.25) is 0 Å². The Hall–Kier alpha value is -3.49. The summed E-state index contributed by atoms with van der Waals surface area (Å²) < 4.78 is 22.6. The van der Waals surface area contributed by atoms with Crippen molar-refractivity contribution in [1.29, 1.82) is 0 Å². The van der Waals surface area contributed by atoms with Gasteiger partial charge in [-0.15, -0.1) is 0 Å². The predicted octanol–water partition coefficient (Wildman–Crippen LogP) is 7.20. The van der Waals surface area contributed by atoms with E-state index in [0.29, 0.717) is 46.6 Å². The summed E-state index contributed by atoms with van der Waals surface area (Å²) in [7, 11) is 4.14. The Labute approximate surface area is 263 Å². The third-order valence-corrected chi connectivity index (χ3v) is 9.94. The molecule has 1 aromatic heterocycles. The third kappa shape index (κ3) is 4.87. The lowest BCUT2D eigenvalue weighted by Gasteiger charge is -2.43. The second kappa shape index (κ2) is 10.3. The van der Waals surface area contributed by atoms with E-state index in [2.05, 4.69) is 30.0 Å². The fourth-order valence-electron chi connectivity index (χ4n) is 7.08. The Morgan fingerprint density at radius 2 is 1.84 bits per heavy atom. The third-order valence-electron chi connectivity index (χ3n) is 9.65. The van der Waals surface area contributed by atoms with Crippen LogP contribution in [0.3, 0.4) is 0 Å². The molecule has 3 aliphatic rings. The molecule has 2 unspecified atom stereocenters. The van der Waals surface area contributed by atoms with Crippen molar-refractivity contribution >= 4 is 45.3 Å². The number of likely N-dealkylation sites (tertiary alicyclic amines) is 1. The predicted molar refractivity (Wildman–Crippen MR) is 174 cm³/mol. The SMILES string of the molecule is Cc1cc(-c2c(Cl)cc3c(C45CCN(C(=O)OC(C)(C)C)CC4C5)nc(N4CC(N(C)C)C4)nc3c2F)c2ccccc2c1. The highest BCUT2D eigenvalue weighted by molar-refractivity contribution is 6.34. The first-order valence-corrected chi connectivity index (χ1v) is 15.8. The molecule has 1 aliphatic carbocycles. The molecule has 0 spiro atoms. The van der Waals surface area contributed by atoms with Crippen molar-refractivity contribution in [3.63, 3.8) is 0 Å². The summed E-state index contributed by atoms with van der Waals surface area (Å²) in [6.45, 7) is 10.4. The van der Waals surface area contributed by atoms with Crippen molar-refractivity contribution in [2.24, 2.45) is 5.92 Å². The van der Waals surface area contributed by atoms with Crippen LogP contribution < -0.4 is 4.90 Å². The Morgan fingerprint density at radius 1 is 1.09 bits per heavy atom. The minimum Gasteiger partial charge on any atom is -0.444 e. The van der Waals surface area contributed by atoms with Gasteiger partial charge in [0.05, 0.1) is 10.7 Å². The van der Waals surface area contributed by atoms with E-state index in [0.717, 1.165) is 53.5 Å². The van der Waals surface area contributed by atoms with Crippen LogP contribution >= 0.6 is 11.6 Å². The fraction of sp³-hybridized carbons (Fsp3) is 0.457. The van der Waals surface area contributed by atoms with E-state index < -0.39 is 11.4 Å². The molecule has 3 heterocycles. The highest BCUT2D eigenvalue weighted by Gasteiger charge is 2.60. The van der Waals surface area contributed by atoms with Gasteiger partial charge in [0.1, 0.15) is 11.1 Å². The van der Waals surface area contributed by atoms with Crippen molar-refractivity contribution in [3.05, 3.63) is 64.6 Å². The number of nitrogens with zero attached hydrogens (tertiary/aromatic N) is 5. The molecule has 230 valence electrons. The standard InChI is InChI=1S/C35H39ClFN5O2/c1-20-13-21-9-7-8-10-24(21)25(14-20)28-27(36)15-26-30(29(28)37)38-32(42-18-23(19-42)40(5)6)39-31(26)35-11-12-41(17-22(35)16-35)33(43)44-34(2,3)4/h7-10,13-15,22-23H,11-12,16-19H2,1-6H3. The van der Waals surface area contributed by atoms with Gasteiger partial charge in [-0.25, -0.2) is 19.2 Å². The summed E-state index contributed by atoms with van der Waals surface area (Å²) in [6, 6.07) is 14.4. The minimum absolute atomic E-state index is 0.211. The number of ether oxygens (including phenoxy) is 1. The fourth-order valence-corrected chi connectivity index (χ4v) is 7.38. The van der Waals surface area contributed by atoms with E-state index in [1.54, 1.807) is 4.90 Å². The molecule has 1 amide bonds. The zero-order chi connectivity index (χ0) is 31.1. The number of amides is 1. The second-order valence-corrected chi connectivity index (χ2v) is 14.5. The number of halogens is 2. The van der Waals surface area contributed by atoms with Crippen LogP contribution in [0, 0.1) is 18.7 Å². The second-order valence-electron chi connectivity index (χ2n) is 14.1. The van der Waals surface area contributed by atoms with E-state index >= 15 is 4.39 Å². The zero-order valence-electron chi connectivity index (χ0n) is 26.2. The Morgan fingerprint density at radius 3 is 2.55 bits per heavy atom. The van der Waals surface area contributed by atoms with Crippen molar-refractivity contribution < 1.29 is 13.9 Å². The van der Waals surface area contributed by atoms with Gasteiger partial charge < -0.3 is 19.4 Å². The van der Waals surface area contributed by atoms with Gasteiger partial charge in [-0.05, 0) is 88.5 Å². The minimum atomic E-state index is -0.552. The van der Waals surface area contributed by atoms with Gasteiger partial charge in [-0.1, -0.05) is 48.0 Å². The zero-order valence-corrected chi connectivity index (χ0v) is 27.0. The van der Waals surface area contributed by atoms with E-state index in [4.69, 9.17) is 26.3 Å². The summed E-state index contributed by atoms with van der Waals surface area (Å²) in [4.78, 5) is 29.1. The Kier molecular flexibility index (Phi) is 6.83. The van der Waals surface area contributed by atoms with Gasteiger partial charge in [0.15, 0.2) is 5.82 Å². The van der Waals surface area contributed by atoms with E-state index in [1.165, 1.54) is 0 Å². The molecule has 2 atom stereocenters. The largest absolute Gasteiger partial charge is 0.444 e. The van der Waals surface area contributed by atoms with E-state index in [9.17, 15) is 4.79 Å². The summed E-state index contributed by atoms with van der Waals surface area (Å²) in [5, 5.41) is 2.99. The van der Waals surface area contributed by atoms with Gasteiger partial charge >= 0.3 is 6.09 Å². The lowest BCUT2D eigenvalue weighted by Crippen LogP contribution is -2.58. The van der Waals surface area contributed by atoms with Crippen molar-refractivity contribution in [1.82, 2.24) is 19.8 Å². The number of benzene rings is 3. The average molecular weight is 616 g/mol. The molecule has 1 saturated carbocycles. The number of fused-ring (bicyclic) bond motifs is 3. The number of hydrogen-bond donors (Lipinski definition) is 0. The molecule has 2 aliphatic heterocycles. The van der Waals surface area contributed by atoms with Crippen LogP contribution in [-0.4, -0.2) is 77.8 Å². The number of carbonyl (C=O) groups is 1. The molecule has 7 rings (SSSR count). The lowest BCUT2D eigenvalue weighted by molar-refractivity contribution is 0.0198. The molecule has 9 heteroatoms. The average Bonchev–Trinajstić information content (AvgIpc) is 3.66. The molecule has 7 nitrogen and oxygen atoms in total. The first-order valence-electron chi connectivity index (χ1n) is 15.4. The number of aromatic nitrogens is 2. The van der Waals surface area contributed by atoms with Crippen molar-refractivity contribution in [2.75, 3.05) is 45.2 Å². The van der Waals surface area contributed by atoms with E-state index in [1.807, 2.05) is 64.1 Å². The maximum Gasteiger partial charge on any atom is 0.410 e. The first-order chi connectivity index (χ1) is 20.8. The normalized spacial score (nSPS) is 22.0. The maximum absolute atomic E-state index is 17.0. The number of piperidine rings is 1. The number of likely N-dealkylation sites (N-methyl/N-ethyl adjacent to an activating group) is 1. The molecular weight excluding hydrogens is 577 g/mol. The Balaban J connectivity index is 1.35. The molecule has 4 aromatic rings. The summed E-state index contributed by atoms with van der Waals surface area (Å²) in [5.41, 5.74) is 2.51. The highest BCUT2D eigenvalue weighted by Crippen LogP contribution is 2.60. The number of rotatable bonds is 4. The summed E-state index contributed by atoms with van der Waals surface area (Å²) in [6.07, 6.45) is 1.32. The Bertz CT molecular complexity index is 1820. The lowest BCUT2D eigenvalue weighted by atomic mass is 9.88. The number of hydrogen-bond acceptors (Lipinski definition) is 6. The van der Waals surface area contributed by atoms with Crippen LogP contribution in [0.4, 0.5) is 15.1 Å². The number of anilines is 1. The van der Waals surface area contributed by atoms with Gasteiger partial charge in [-0.2, -0.15) is 0 Å². The highest BCUT2D eigenvalue weighted by atomic mass is 35.5. The molecule has 0 bridgehead atoms. The van der Waals surface area contributed by atoms with Crippen molar-refractivity contribution in [3.8, 4) is 11.1 Å². The monoisotopic (exact) mass is 615 g/mol. The van der Waals surface area contributed by atoms with Crippen LogP contribution in [0.1, 0.15) is 44.9 Å². The number of carbonyl (C=O) groups excluding carboxylic acids is 1. The molecule has 0 N–H and O–H groups in total. The molecule has 2 saturated heterocycles. The van der Waals surface area contributed by atoms with Crippen LogP contribution in [0.5, 0.6) is 0 Å². The molecule has 3 aromatic carbocycles. The quantitative estimate of drug-likeness (QED) is 0.242. The van der Waals surface area contributed by atoms with Gasteiger partial charge in [0, 0.05) is 48.6 Å². The van der Waals surface area contributed by atoms with Gasteiger partial charge in [0.25, 0.3) is 0 Å². The van der Waals surface area contributed by atoms with Crippen LogP contribution in [0.15, 0.2) is 42.5 Å². The molecule has 44 heavy (non-hydrogen) atoms. The summed E-state index contributed by atoms with van der Waals surface area (Å²) >= 11 is 7.01. The maximum atomic E-state index is 17.0. The first kappa shape index (κ1) is 29.2. The molecule has 0 radical (unpaired) electrons. The molecule has 3 fully saturated rings. The molecular formula is C35H39ClFN5O2. The topological polar surface area (TPSA) is 61.8 Å². The smallest absolute Gasteiger partial charge is 0.410 e. The summed E-state index contributed by atoms with van der Waals surface area (Å²) in [5.74, 6) is 0.349. The van der Waals surface area contributed by atoms with Crippen molar-refractivity contribution in [2.45, 2.75) is 57.6 Å². The van der Waals surface area contributed by atoms with E-state index in [-0.39, 0.29) is 17.4 Å². The number of aryl methyl sites for hydroxylation is 1. The van der Waals surface area contributed by atoms with Crippen LogP contribution in [0.25, 0.3) is 32.8 Å².